The minimum absolute atomic E-state index is 0.148. The molecule has 0 saturated carbocycles. The molecule has 6 heteroatoms. The third-order valence-electron chi connectivity index (χ3n) is 2.04. The summed E-state index contributed by atoms with van der Waals surface area (Å²) in [6.07, 6.45) is 3.00. The fraction of sp³-hybridized carbons (Fsp3) is 0.250. The van der Waals surface area contributed by atoms with Crippen LogP contribution >= 0.6 is 0 Å². The van der Waals surface area contributed by atoms with Crippen molar-refractivity contribution in [3.05, 3.63) is 45.8 Å². The number of carbonyl (C=O) groups excluding carboxylic acids is 1. The summed E-state index contributed by atoms with van der Waals surface area (Å²) in [6.45, 7) is 2.14. The molecule has 0 aliphatic carbocycles. The van der Waals surface area contributed by atoms with E-state index in [9.17, 15) is 19.3 Å². The van der Waals surface area contributed by atoms with Crippen LogP contribution in [0.2, 0.25) is 0 Å². The highest BCUT2D eigenvalue weighted by atomic mass is 19.1. The highest BCUT2D eigenvalue weighted by Crippen LogP contribution is 2.20. The minimum atomic E-state index is -0.708. The monoisotopic (exact) mass is 253 g/mol. The predicted molar refractivity (Wildman–Crippen MR) is 63.3 cm³/mol. The third kappa shape index (κ3) is 3.97. The summed E-state index contributed by atoms with van der Waals surface area (Å²) in [5.74, 6) is -1.29. The van der Waals surface area contributed by atoms with Gasteiger partial charge in [0, 0.05) is 6.08 Å². The molecule has 0 heterocycles. The number of ether oxygens (including phenoxy) is 1. The largest absolute Gasteiger partial charge is 0.463 e. The number of carbonyl (C=O) groups is 1. The Morgan fingerprint density at radius 2 is 2.28 bits per heavy atom. The molecule has 1 rings (SSSR count). The summed E-state index contributed by atoms with van der Waals surface area (Å²) in [4.78, 5) is 21.1. The normalized spacial score (nSPS) is 10.6. The molecule has 0 spiro atoms. The van der Waals surface area contributed by atoms with Gasteiger partial charge in [0.15, 0.2) is 0 Å². The van der Waals surface area contributed by atoms with Crippen LogP contribution in [0.15, 0.2) is 24.3 Å². The Bertz CT molecular complexity index is 485. The van der Waals surface area contributed by atoms with Crippen molar-refractivity contribution in [3.63, 3.8) is 0 Å². The van der Waals surface area contributed by atoms with E-state index in [4.69, 9.17) is 4.74 Å². The molecule has 0 atom stereocenters. The second-order valence-corrected chi connectivity index (χ2v) is 3.46. The number of hydrogen-bond donors (Lipinski definition) is 0. The average molecular weight is 253 g/mol. The maximum absolute atomic E-state index is 12.9. The SMILES string of the molecule is CCCOC(=O)C=Cc1ccc(F)cc1[N+](=O)[O-]. The van der Waals surface area contributed by atoms with Gasteiger partial charge in [0.25, 0.3) is 5.69 Å². The van der Waals surface area contributed by atoms with Gasteiger partial charge in [-0.05, 0) is 24.6 Å². The molecule has 5 nitrogen and oxygen atoms in total. The second kappa shape index (κ2) is 6.48. The van der Waals surface area contributed by atoms with E-state index in [1.54, 1.807) is 0 Å². The van der Waals surface area contributed by atoms with Crippen LogP contribution in [-0.4, -0.2) is 17.5 Å². The first-order chi connectivity index (χ1) is 8.54. The van der Waals surface area contributed by atoms with Crippen LogP contribution in [0.5, 0.6) is 0 Å². The van der Waals surface area contributed by atoms with Gasteiger partial charge in [0.2, 0.25) is 0 Å². The lowest BCUT2D eigenvalue weighted by atomic mass is 10.1. The number of nitrogens with zero attached hydrogens (tertiary/aromatic N) is 1. The maximum Gasteiger partial charge on any atom is 0.330 e. The van der Waals surface area contributed by atoms with Crippen LogP contribution in [0, 0.1) is 15.9 Å². The van der Waals surface area contributed by atoms with Crippen LogP contribution in [0.3, 0.4) is 0 Å². The van der Waals surface area contributed by atoms with Gasteiger partial charge in [-0.1, -0.05) is 6.92 Å². The van der Waals surface area contributed by atoms with Crippen molar-refractivity contribution < 1.29 is 18.8 Å². The van der Waals surface area contributed by atoms with E-state index in [1.165, 1.54) is 12.1 Å². The van der Waals surface area contributed by atoms with E-state index in [0.717, 1.165) is 18.2 Å². The molecule has 0 N–H and O–H groups in total. The zero-order chi connectivity index (χ0) is 13.5. The van der Waals surface area contributed by atoms with Crippen LogP contribution in [0.4, 0.5) is 10.1 Å². The average Bonchev–Trinajstić information content (AvgIpc) is 2.34. The Kier molecular flexibility index (Phi) is 4.98. The van der Waals surface area contributed by atoms with E-state index in [1.807, 2.05) is 6.92 Å². The molecule has 0 aromatic heterocycles. The van der Waals surface area contributed by atoms with Gasteiger partial charge in [-0.2, -0.15) is 0 Å². The Morgan fingerprint density at radius 1 is 1.56 bits per heavy atom. The topological polar surface area (TPSA) is 69.4 Å². The minimum Gasteiger partial charge on any atom is -0.463 e. The molecule has 0 radical (unpaired) electrons. The number of rotatable bonds is 5. The summed E-state index contributed by atoms with van der Waals surface area (Å²) < 4.78 is 17.6. The molecular weight excluding hydrogens is 241 g/mol. The summed E-state index contributed by atoms with van der Waals surface area (Å²) in [6, 6.07) is 3.12. The molecule has 0 saturated heterocycles. The van der Waals surface area contributed by atoms with Crippen molar-refractivity contribution in [2.45, 2.75) is 13.3 Å². The predicted octanol–water partition coefficient (Wildman–Crippen LogP) is 2.70. The van der Waals surface area contributed by atoms with Gasteiger partial charge < -0.3 is 4.74 Å². The summed E-state index contributed by atoms with van der Waals surface area (Å²) in [7, 11) is 0. The van der Waals surface area contributed by atoms with Crippen molar-refractivity contribution >= 4 is 17.7 Å². The van der Waals surface area contributed by atoms with Gasteiger partial charge in [-0.25, -0.2) is 9.18 Å². The standard InChI is InChI=1S/C12H12FNO4/c1-2-7-18-12(15)6-4-9-3-5-10(13)8-11(9)14(16)17/h3-6,8H,2,7H2,1H3. The number of hydrogen-bond acceptors (Lipinski definition) is 4. The molecule has 0 aliphatic rings. The van der Waals surface area contributed by atoms with Crippen molar-refractivity contribution in [1.29, 1.82) is 0 Å². The quantitative estimate of drug-likeness (QED) is 0.350. The summed E-state index contributed by atoms with van der Waals surface area (Å²) in [5, 5.41) is 10.7. The van der Waals surface area contributed by atoms with Crippen LogP contribution in [0.25, 0.3) is 6.08 Å². The fourth-order valence-electron chi connectivity index (χ4n) is 1.22. The van der Waals surface area contributed by atoms with E-state index in [2.05, 4.69) is 0 Å². The Balaban J connectivity index is 2.87. The molecule has 0 amide bonds. The zero-order valence-corrected chi connectivity index (χ0v) is 9.76. The molecule has 0 fully saturated rings. The zero-order valence-electron chi connectivity index (χ0n) is 9.76. The first-order valence-corrected chi connectivity index (χ1v) is 5.33. The lowest BCUT2D eigenvalue weighted by Gasteiger charge is -1.99. The number of halogens is 1. The molecule has 0 unspecified atom stereocenters. The van der Waals surface area contributed by atoms with Gasteiger partial charge in [0.05, 0.1) is 23.2 Å². The number of nitro benzene ring substituents is 1. The highest BCUT2D eigenvalue weighted by molar-refractivity contribution is 5.87. The fourth-order valence-corrected chi connectivity index (χ4v) is 1.22. The van der Waals surface area contributed by atoms with Crippen LogP contribution < -0.4 is 0 Å². The van der Waals surface area contributed by atoms with Gasteiger partial charge in [-0.15, -0.1) is 0 Å². The van der Waals surface area contributed by atoms with Crippen LogP contribution in [-0.2, 0) is 9.53 Å². The number of benzene rings is 1. The first kappa shape index (κ1) is 13.8. The Hall–Kier alpha value is -2.24. The van der Waals surface area contributed by atoms with E-state index in [0.29, 0.717) is 6.42 Å². The Labute approximate surface area is 103 Å². The van der Waals surface area contributed by atoms with Gasteiger partial charge in [-0.3, -0.25) is 10.1 Å². The van der Waals surface area contributed by atoms with E-state index >= 15 is 0 Å². The summed E-state index contributed by atoms with van der Waals surface area (Å²) in [5.41, 5.74) is -0.246. The van der Waals surface area contributed by atoms with E-state index in [-0.39, 0.29) is 12.2 Å². The molecular formula is C12H12FNO4. The van der Waals surface area contributed by atoms with Crippen molar-refractivity contribution in [3.8, 4) is 0 Å². The smallest absolute Gasteiger partial charge is 0.330 e. The second-order valence-electron chi connectivity index (χ2n) is 3.46. The molecule has 18 heavy (non-hydrogen) atoms. The molecule has 1 aromatic carbocycles. The Morgan fingerprint density at radius 3 is 2.89 bits per heavy atom. The van der Waals surface area contributed by atoms with Crippen LogP contribution in [0.1, 0.15) is 18.9 Å². The van der Waals surface area contributed by atoms with Crippen molar-refractivity contribution in [1.82, 2.24) is 0 Å². The lowest BCUT2D eigenvalue weighted by molar-refractivity contribution is -0.385. The van der Waals surface area contributed by atoms with Crippen molar-refractivity contribution in [2.24, 2.45) is 0 Å². The van der Waals surface area contributed by atoms with Gasteiger partial charge in [0.1, 0.15) is 5.82 Å². The van der Waals surface area contributed by atoms with E-state index < -0.39 is 22.4 Å². The van der Waals surface area contributed by atoms with Crippen molar-refractivity contribution in [2.75, 3.05) is 6.61 Å². The third-order valence-corrected chi connectivity index (χ3v) is 2.04. The lowest BCUT2D eigenvalue weighted by Crippen LogP contribution is -2.01. The first-order valence-electron chi connectivity index (χ1n) is 5.33. The summed E-state index contributed by atoms with van der Waals surface area (Å²) >= 11 is 0. The maximum atomic E-state index is 12.9. The number of esters is 1. The molecule has 1 aromatic rings. The highest BCUT2D eigenvalue weighted by Gasteiger charge is 2.12. The molecule has 0 aliphatic heterocycles. The molecule has 0 bridgehead atoms. The number of nitro groups is 1. The van der Waals surface area contributed by atoms with Gasteiger partial charge >= 0.3 is 5.97 Å². The molecule has 96 valence electrons.